The third kappa shape index (κ3) is 4.52. The molecule has 0 bridgehead atoms. The molecule has 1 N–H and O–H groups in total. The molecule has 0 spiro atoms. The molecule has 0 atom stereocenters. The van der Waals surface area contributed by atoms with Gasteiger partial charge in [-0.3, -0.25) is 0 Å². The van der Waals surface area contributed by atoms with E-state index in [4.69, 9.17) is 32.6 Å². The van der Waals surface area contributed by atoms with Crippen molar-refractivity contribution in [2.24, 2.45) is 5.10 Å². The van der Waals surface area contributed by atoms with Crippen LogP contribution in [0.2, 0.25) is 10.0 Å². The lowest BCUT2D eigenvalue weighted by molar-refractivity contribution is 0.575. The highest BCUT2D eigenvalue weighted by molar-refractivity contribution is 6.43. The summed E-state index contributed by atoms with van der Waals surface area (Å²) in [5.74, 6) is 3.01. The maximum atomic E-state index is 6.29. The van der Waals surface area contributed by atoms with Crippen molar-refractivity contribution in [3.63, 3.8) is 0 Å². The summed E-state index contributed by atoms with van der Waals surface area (Å²) in [5, 5.41) is 5.22. The fourth-order valence-corrected chi connectivity index (χ4v) is 4.33. The van der Waals surface area contributed by atoms with Crippen molar-refractivity contribution in [3.05, 3.63) is 46.1 Å². The number of hydrazone groups is 1. The van der Waals surface area contributed by atoms with Crippen LogP contribution in [0.3, 0.4) is 0 Å². The summed E-state index contributed by atoms with van der Waals surface area (Å²) in [4.78, 5) is 18.3. The van der Waals surface area contributed by atoms with Gasteiger partial charge in [0.25, 0.3) is 0 Å². The standard InChI is InChI=1S/C22H23Cl2N7O/c23-17-7-5-6-16(19(17)24)18-9-8-15(32-18)14-25-29-20-26-21(30-10-1-2-11-30)28-22(27-20)31-12-3-4-13-31/h5-9,14H,1-4,10-13H2,(H,26,27,28,29)/b25-14-. The van der Waals surface area contributed by atoms with E-state index in [1.807, 2.05) is 24.3 Å². The fraction of sp³-hybridized carbons (Fsp3) is 0.364. The van der Waals surface area contributed by atoms with Crippen LogP contribution in [-0.4, -0.2) is 47.3 Å². The molecule has 32 heavy (non-hydrogen) atoms. The Morgan fingerprint density at radius 1 is 0.875 bits per heavy atom. The molecular weight excluding hydrogens is 449 g/mol. The maximum absolute atomic E-state index is 6.29. The van der Waals surface area contributed by atoms with Gasteiger partial charge in [0.1, 0.15) is 11.5 Å². The van der Waals surface area contributed by atoms with E-state index in [1.165, 1.54) is 0 Å². The summed E-state index contributed by atoms with van der Waals surface area (Å²) >= 11 is 12.4. The first kappa shape index (κ1) is 21.0. The summed E-state index contributed by atoms with van der Waals surface area (Å²) in [6.07, 6.45) is 6.20. The summed E-state index contributed by atoms with van der Waals surface area (Å²) < 4.78 is 5.85. The summed E-state index contributed by atoms with van der Waals surface area (Å²) in [6, 6.07) is 9.08. The molecule has 0 unspecified atom stereocenters. The Morgan fingerprint density at radius 2 is 1.53 bits per heavy atom. The molecule has 2 fully saturated rings. The van der Waals surface area contributed by atoms with Crippen LogP contribution in [0.4, 0.5) is 17.8 Å². The molecule has 2 aliphatic rings. The van der Waals surface area contributed by atoms with Gasteiger partial charge in [-0.25, -0.2) is 5.43 Å². The van der Waals surface area contributed by atoms with Crippen LogP contribution < -0.4 is 15.2 Å². The van der Waals surface area contributed by atoms with Crippen LogP contribution >= 0.6 is 23.2 Å². The molecule has 0 saturated carbocycles. The summed E-state index contributed by atoms with van der Waals surface area (Å²) in [7, 11) is 0. The maximum Gasteiger partial charge on any atom is 0.250 e. The molecule has 0 amide bonds. The monoisotopic (exact) mass is 471 g/mol. The Labute approximate surface area is 196 Å². The molecule has 1 aromatic carbocycles. The number of nitrogens with zero attached hydrogens (tertiary/aromatic N) is 6. The van der Waals surface area contributed by atoms with Gasteiger partial charge in [-0.1, -0.05) is 29.3 Å². The molecule has 0 radical (unpaired) electrons. The Morgan fingerprint density at radius 3 is 2.19 bits per heavy atom. The molecule has 4 heterocycles. The van der Waals surface area contributed by atoms with E-state index in [1.54, 1.807) is 12.3 Å². The molecule has 2 aromatic heterocycles. The van der Waals surface area contributed by atoms with E-state index in [2.05, 4.69) is 30.3 Å². The Kier molecular flexibility index (Phi) is 6.14. The molecule has 0 aliphatic carbocycles. The van der Waals surface area contributed by atoms with Crippen molar-refractivity contribution in [2.75, 3.05) is 41.4 Å². The molecule has 5 rings (SSSR count). The van der Waals surface area contributed by atoms with Gasteiger partial charge in [-0.15, -0.1) is 0 Å². The van der Waals surface area contributed by atoms with Crippen LogP contribution in [0.25, 0.3) is 11.3 Å². The van der Waals surface area contributed by atoms with E-state index in [0.29, 0.717) is 39.4 Å². The number of aromatic nitrogens is 3. The number of furan rings is 1. The Bertz CT molecular complexity index is 1090. The normalized spacial score (nSPS) is 16.4. The van der Waals surface area contributed by atoms with Gasteiger partial charge >= 0.3 is 0 Å². The lowest BCUT2D eigenvalue weighted by Crippen LogP contribution is -2.25. The number of rotatable bonds is 6. The minimum Gasteiger partial charge on any atom is -0.455 e. The summed E-state index contributed by atoms with van der Waals surface area (Å²) in [5.41, 5.74) is 3.67. The van der Waals surface area contributed by atoms with Crippen molar-refractivity contribution in [2.45, 2.75) is 25.7 Å². The number of halogens is 2. The summed E-state index contributed by atoms with van der Waals surface area (Å²) in [6.45, 7) is 3.86. The minimum atomic E-state index is 0.421. The first-order valence-corrected chi connectivity index (χ1v) is 11.5. The predicted octanol–water partition coefficient (Wildman–Crippen LogP) is 5.08. The van der Waals surface area contributed by atoms with Crippen LogP contribution in [0.1, 0.15) is 31.4 Å². The highest BCUT2D eigenvalue weighted by atomic mass is 35.5. The van der Waals surface area contributed by atoms with E-state index < -0.39 is 0 Å². The zero-order valence-electron chi connectivity index (χ0n) is 17.5. The number of anilines is 3. The van der Waals surface area contributed by atoms with E-state index in [0.717, 1.165) is 57.4 Å². The van der Waals surface area contributed by atoms with Crippen molar-refractivity contribution < 1.29 is 4.42 Å². The number of hydrogen-bond acceptors (Lipinski definition) is 8. The van der Waals surface area contributed by atoms with E-state index in [9.17, 15) is 0 Å². The van der Waals surface area contributed by atoms with E-state index >= 15 is 0 Å². The molecule has 2 aliphatic heterocycles. The van der Waals surface area contributed by atoms with Crippen molar-refractivity contribution in [1.82, 2.24) is 15.0 Å². The highest BCUT2D eigenvalue weighted by Gasteiger charge is 2.21. The average molecular weight is 472 g/mol. The molecule has 2 saturated heterocycles. The largest absolute Gasteiger partial charge is 0.455 e. The second-order valence-corrected chi connectivity index (χ2v) is 8.61. The van der Waals surface area contributed by atoms with Crippen LogP contribution in [0.5, 0.6) is 0 Å². The van der Waals surface area contributed by atoms with Crippen LogP contribution in [0.15, 0.2) is 39.9 Å². The predicted molar refractivity (Wildman–Crippen MR) is 128 cm³/mol. The topological polar surface area (TPSA) is 82.7 Å². The molecule has 8 nitrogen and oxygen atoms in total. The fourth-order valence-electron chi connectivity index (χ4n) is 3.94. The lowest BCUT2D eigenvalue weighted by atomic mass is 10.2. The van der Waals surface area contributed by atoms with Gasteiger partial charge in [0.15, 0.2) is 0 Å². The minimum absolute atomic E-state index is 0.421. The zero-order chi connectivity index (χ0) is 21.9. The first-order valence-electron chi connectivity index (χ1n) is 10.8. The Hall–Kier alpha value is -2.84. The van der Waals surface area contributed by atoms with Gasteiger partial charge < -0.3 is 14.2 Å². The Balaban J connectivity index is 1.34. The third-order valence-electron chi connectivity index (χ3n) is 5.59. The van der Waals surface area contributed by atoms with E-state index in [-0.39, 0.29) is 0 Å². The first-order chi connectivity index (χ1) is 15.7. The van der Waals surface area contributed by atoms with Crippen molar-refractivity contribution in [1.29, 1.82) is 0 Å². The smallest absolute Gasteiger partial charge is 0.250 e. The second-order valence-electron chi connectivity index (χ2n) is 7.82. The van der Waals surface area contributed by atoms with Crippen LogP contribution in [-0.2, 0) is 0 Å². The van der Waals surface area contributed by atoms with Crippen molar-refractivity contribution >= 4 is 47.3 Å². The molecular formula is C22H23Cl2N7O. The van der Waals surface area contributed by atoms with Gasteiger partial charge in [-0.2, -0.15) is 20.1 Å². The van der Waals surface area contributed by atoms with Gasteiger partial charge in [0.05, 0.1) is 16.3 Å². The number of benzene rings is 1. The second kappa shape index (κ2) is 9.34. The highest BCUT2D eigenvalue weighted by Crippen LogP contribution is 2.34. The van der Waals surface area contributed by atoms with Crippen LogP contribution in [0, 0.1) is 0 Å². The quantitative estimate of drug-likeness (QED) is 0.396. The van der Waals surface area contributed by atoms with Gasteiger partial charge in [0, 0.05) is 31.7 Å². The van der Waals surface area contributed by atoms with Crippen molar-refractivity contribution in [3.8, 4) is 11.3 Å². The molecule has 166 valence electrons. The number of nitrogens with one attached hydrogen (secondary N) is 1. The lowest BCUT2D eigenvalue weighted by Gasteiger charge is -2.20. The molecule has 3 aromatic rings. The SMILES string of the molecule is Clc1cccc(-c2ccc(/C=N\Nc3nc(N4CCCC4)nc(N4CCCC4)n3)o2)c1Cl. The average Bonchev–Trinajstić information content (AvgIpc) is 3.58. The molecule has 10 heteroatoms. The van der Waals surface area contributed by atoms with Gasteiger partial charge in [0.2, 0.25) is 17.8 Å². The zero-order valence-corrected chi connectivity index (χ0v) is 19.0. The number of hydrogen-bond donors (Lipinski definition) is 1. The third-order valence-corrected chi connectivity index (χ3v) is 6.41. The van der Waals surface area contributed by atoms with Gasteiger partial charge in [-0.05, 0) is 49.9 Å².